The first-order valence-electron chi connectivity index (χ1n) is 10.0. The molecule has 0 unspecified atom stereocenters. The number of amides is 2. The van der Waals surface area contributed by atoms with E-state index in [-0.39, 0.29) is 32.1 Å². The number of nitrogens with one attached hydrogen (secondary N) is 1. The molecule has 2 amide bonds. The summed E-state index contributed by atoms with van der Waals surface area (Å²) in [4.78, 5) is 27.2. The van der Waals surface area contributed by atoms with Crippen molar-refractivity contribution in [1.82, 2.24) is 14.5 Å². The van der Waals surface area contributed by atoms with E-state index in [1.807, 2.05) is 6.07 Å². The van der Waals surface area contributed by atoms with E-state index >= 15 is 0 Å². The Bertz CT molecular complexity index is 1030. The monoisotopic (exact) mass is 477 g/mol. The Hall–Kier alpha value is -2.68. The molecule has 0 aliphatic rings. The Balaban J connectivity index is 2.28. The zero-order valence-corrected chi connectivity index (χ0v) is 19.8. The topological polar surface area (TPSA) is 86.8 Å². The second-order valence-corrected chi connectivity index (χ2v) is 9.79. The number of halogens is 1. The number of hydrogen-bond acceptors (Lipinski definition) is 4. The highest BCUT2D eigenvalue weighted by molar-refractivity contribution is 7.88. The quantitative estimate of drug-likeness (QED) is 0.504. The van der Waals surface area contributed by atoms with Crippen LogP contribution in [0.2, 0.25) is 5.02 Å². The predicted molar refractivity (Wildman–Crippen MR) is 126 cm³/mol. The van der Waals surface area contributed by atoms with E-state index in [4.69, 9.17) is 11.6 Å². The van der Waals surface area contributed by atoms with Crippen LogP contribution in [0.25, 0.3) is 0 Å². The average molecular weight is 478 g/mol. The third kappa shape index (κ3) is 7.78. The fourth-order valence-corrected chi connectivity index (χ4v) is 3.86. The van der Waals surface area contributed by atoms with Crippen LogP contribution >= 0.6 is 11.6 Å². The summed E-state index contributed by atoms with van der Waals surface area (Å²) in [6, 6.07) is 15.1. The Kier molecular flexibility index (Phi) is 9.43. The summed E-state index contributed by atoms with van der Waals surface area (Å²) in [7, 11) is -3.68. The zero-order valence-electron chi connectivity index (χ0n) is 18.2. The lowest BCUT2D eigenvalue weighted by Crippen LogP contribution is -2.51. The maximum absolute atomic E-state index is 13.3. The summed E-state index contributed by atoms with van der Waals surface area (Å²) in [5.41, 5.74) is 1.52. The van der Waals surface area contributed by atoms with Gasteiger partial charge in [-0.3, -0.25) is 9.59 Å². The van der Waals surface area contributed by atoms with Gasteiger partial charge in [-0.15, -0.1) is 6.58 Å². The molecular weight excluding hydrogens is 450 g/mol. The molecule has 0 aliphatic heterocycles. The largest absolute Gasteiger partial charge is 0.351 e. The molecule has 172 valence electrons. The average Bonchev–Trinajstić information content (AvgIpc) is 2.76. The van der Waals surface area contributed by atoms with Crippen molar-refractivity contribution in [3.05, 3.63) is 83.4 Å². The third-order valence-corrected chi connectivity index (χ3v) is 6.28. The van der Waals surface area contributed by atoms with Crippen LogP contribution in [-0.2, 0) is 32.7 Å². The van der Waals surface area contributed by atoms with Crippen LogP contribution in [0.4, 0.5) is 0 Å². The second-order valence-electron chi connectivity index (χ2n) is 7.37. The number of nitrogens with zero attached hydrogens (tertiary/aromatic N) is 2. The van der Waals surface area contributed by atoms with Gasteiger partial charge in [0.05, 0.1) is 12.8 Å². The van der Waals surface area contributed by atoms with Crippen LogP contribution in [0.3, 0.4) is 0 Å². The van der Waals surface area contributed by atoms with Crippen LogP contribution in [-0.4, -0.2) is 54.8 Å². The number of hydrogen-bond donors (Lipinski definition) is 1. The molecule has 32 heavy (non-hydrogen) atoms. The molecule has 2 aromatic rings. The van der Waals surface area contributed by atoms with Crippen LogP contribution in [0.15, 0.2) is 67.3 Å². The van der Waals surface area contributed by atoms with Gasteiger partial charge in [0.2, 0.25) is 21.8 Å². The van der Waals surface area contributed by atoms with Gasteiger partial charge in [0.1, 0.15) is 6.04 Å². The Morgan fingerprint density at radius 2 is 1.66 bits per heavy atom. The van der Waals surface area contributed by atoms with Gasteiger partial charge in [0, 0.05) is 24.7 Å². The zero-order chi connectivity index (χ0) is 23.7. The molecule has 0 aliphatic carbocycles. The molecule has 0 heterocycles. The molecule has 0 saturated heterocycles. The number of benzene rings is 2. The number of rotatable bonds is 11. The molecule has 0 saturated carbocycles. The van der Waals surface area contributed by atoms with Gasteiger partial charge in [-0.05, 0) is 30.2 Å². The molecule has 7 nitrogen and oxygen atoms in total. The van der Waals surface area contributed by atoms with E-state index in [0.29, 0.717) is 5.02 Å². The minimum Gasteiger partial charge on any atom is -0.351 e. The molecule has 0 fully saturated rings. The first kappa shape index (κ1) is 25.6. The van der Waals surface area contributed by atoms with Crippen molar-refractivity contribution in [3.63, 3.8) is 0 Å². The van der Waals surface area contributed by atoms with Crippen LogP contribution in [0.5, 0.6) is 0 Å². The predicted octanol–water partition coefficient (Wildman–Crippen LogP) is 2.82. The first-order chi connectivity index (χ1) is 15.1. The fourth-order valence-electron chi connectivity index (χ4n) is 3.01. The summed E-state index contributed by atoms with van der Waals surface area (Å²) in [6.07, 6.45) is 2.61. The lowest BCUT2D eigenvalue weighted by molar-refractivity contribution is -0.140. The summed E-state index contributed by atoms with van der Waals surface area (Å²) in [5.74, 6) is -0.844. The molecule has 1 atom stereocenters. The van der Waals surface area contributed by atoms with Gasteiger partial charge >= 0.3 is 0 Å². The molecule has 9 heteroatoms. The number of carbonyl (C=O) groups is 2. The SMILES string of the molecule is C=CCNC(=O)[C@@H](C)N(Cc1ccc(Cl)cc1)C(=O)CN(Cc1ccccc1)S(C)(=O)=O. The summed E-state index contributed by atoms with van der Waals surface area (Å²) < 4.78 is 25.9. The maximum Gasteiger partial charge on any atom is 0.242 e. The van der Waals surface area contributed by atoms with E-state index in [2.05, 4.69) is 11.9 Å². The maximum atomic E-state index is 13.3. The summed E-state index contributed by atoms with van der Waals surface area (Å²) in [5, 5.41) is 3.23. The minimum absolute atomic E-state index is 0.0528. The normalized spacial score (nSPS) is 12.2. The number of sulfonamides is 1. The summed E-state index contributed by atoms with van der Waals surface area (Å²) in [6.45, 7) is 5.23. The Morgan fingerprint density at radius 3 is 2.22 bits per heavy atom. The lowest BCUT2D eigenvalue weighted by Gasteiger charge is -2.31. The molecule has 1 N–H and O–H groups in total. The van der Waals surface area contributed by atoms with Gasteiger partial charge in [0.15, 0.2) is 0 Å². The van der Waals surface area contributed by atoms with Crippen molar-refractivity contribution in [1.29, 1.82) is 0 Å². The van der Waals surface area contributed by atoms with Crippen molar-refractivity contribution in [2.45, 2.75) is 26.1 Å². The lowest BCUT2D eigenvalue weighted by atomic mass is 10.1. The second kappa shape index (κ2) is 11.8. The number of carbonyl (C=O) groups excluding carboxylic acids is 2. The molecule has 0 bridgehead atoms. The third-order valence-electron chi connectivity index (χ3n) is 4.84. The standard InChI is InChI=1S/C23H28ClN3O4S/c1-4-14-25-23(29)18(2)27(16-20-10-12-21(24)13-11-20)22(28)17-26(32(3,30)31)15-19-8-6-5-7-9-19/h4-13,18H,1,14-17H2,2-3H3,(H,25,29)/t18-/m1/s1. The molecule has 0 radical (unpaired) electrons. The first-order valence-corrected chi connectivity index (χ1v) is 12.3. The molecule has 2 rings (SSSR count). The Morgan fingerprint density at radius 1 is 1.06 bits per heavy atom. The van der Waals surface area contributed by atoms with Crippen LogP contribution < -0.4 is 5.32 Å². The molecular formula is C23H28ClN3O4S. The fraction of sp³-hybridized carbons (Fsp3) is 0.304. The summed E-state index contributed by atoms with van der Waals surface area (Å²) >= 11 is 5.95. The van der Waals surface area contributed by atoms with E-state index in [9.17, 15) is 18.0 Å². The van der Waals surface area contributed by atoms with Gasteiger partial charge in [-0.25, -0.2) is 8.42 Å². The van der Waals surface area contributed by atoms with Crippen LogP contribution in [0, 0.1) is 0 Å². The highest BCUT2D eigenvalue weighted by Crippen LogP contribution is 2.15. The van der Waals surface area contributed by atoms with E-state index in [1.165, 1.54) is 4.90 Å². The van der Waals surface area contributed by atoms with Gasteiger partial charge in [0.25, 0.3) is 0 Å². The van der Waals surface area contributed by atoms with Crippen LogP contribution in [0.1, 0.15) is 18.1 Å². The van der Waals surface area contributed by atoms with Gasteiger partial charge in [-0.2, -0.15) is 4.31 Å². The Labute approximate surface area is 194 Å². The van der Waals surface area contributed by atoms with Crippen molar-refractivity contribution in [2.24, 2.45) is 0 Å². The highest BCUT2D eigenvalue weighted by atomic mass is 35.5. The van der Waals surface area contributed by atoms with Crippen molar-refractivity contribution in [3.8, 4) is 0 Å². The molecule has 2 aromatic carbocycles. The van der Waals surface area contributed by atoms with Gasteiger partial charge < -0.3 is 10.2 Å². The van der Waals surface area contributed by atoms with Crippen molar-refractivity contribution >= 4 is 33.4 Å². The van der Waals surface area contributed by atoms with Gasteiger partial charge in [-0.1, -0.05) is 60.1 Å². The molecule has 0 spiro atoms. The highest BCUT2D eigenvalue weighted by Gasteiger charge is 2.29. The minimum atomic E-state index is -3.68. The molecule has 0 aromatic heterocycles. The van der Waals surface area contributed by atoms with E-state index in [0.717, 1.165) is 21.7 Å². The van der Waals surface area contributed by atoms with E-state index in [1.54, 1.807) is 61.5 Å². The van der Waals surface area contributed by atoms with Crippen molar-refractivity contribution in [2.75, 3.05) is 19.3 Å². The van der Waals surface area contributed by atoms with Crippen molar-refractivity contribution < 1.29 is 18.0 Å². The van der Waals surface area contributed by atoms with E-state index < -0.39 is 22.0 Å². The smallest absolute Gasteiger partial charge is 0.242 e.